The van der Waals surface area contributed by atoms with Crippen LogP contribution in [0.1, 0.15) is 33.3 Å². The summed E-state index contributed by atoms with van der Waals surface area (Å²) in [6, 6.07) is 9.93. The van der Waals surface area contributed by atoms with Crippen LogP contribution in [0, 0.1) is 5.41 Å². The fourth-order valence-electron chi connectivity index (χ4n) is 1.65. The Labute approximate surface area is 103 Å². The quantitative estimate of drug-likeness (QED) is 0.587. The minimum Gasteiger partial charge on any atom is -0.463 e. The Morgan fingerprint density at radius 3 is 2.29 bits per heavy atom. The molecule has 1 rings (SSSR count). The van der Waals surface area contributed by atoms with Crippen LogP contribution in [0.5, 0.6) is 0 Å². The molecule has 0 spiro atoms. The van der Waals surface area contributed by atoms with Crippen LogP contribution in [0.3, 0.4) is 0 Å². The molecule has 0 radical (unpaired) electrons. The molecule has 0 fully saturated rings. The molecule has 0 aromatic heterocycles. The Morgan fingerprint density at radius 2 is 1.82 bits per heavy atom. The lowest BCUT2D eigenvalue weighted by atomic mass is 9.82. The molecule has 0 atom stereocenters. The average molecular weight is 232 g/mol. The lowest BCUT2D eigenvalue weighted by Gasteiger charge is -2.23. The van der Waals surface area contributed by atoms with Crippen molar-refractivity contribution in [1.29, 1.82) is 0 Å². The number of hydrogen-bond donors (Lipinski definition) is 0. The summed E-state index contributed by atoms with van der Waals surface area (Å²) in [7, 11) is 0. The van der Waals surface area contributed by atoms with Gasteiger partial charge in [0.05, 0.1) is 6.61 Å². The van der Waals surface area contributed by atoms with Crippen LogP contribution in [0.2, 0.25) is 0 Å². The van der Waals surface area contributed by atoms with E-state index in [1.807, 2.05) is 37.3 Å². The van der Waals surface area contributed by atoms with E-state index in [2.05, 4.69) is 20.8 Å². The van der Waals surface area contributed by atoms with E-state index in [1.54, 1.807) is 6.08 Å². The van der Waals surface area contributed by atoms with Gasteiger partial charge in [-0.2, -0.15) is 0 Å². The van der Waals surface area contributed by atoms with E-state index in [0.29, 0.717) is 6.61 Å². The fraction of sp³-hybridized carbons (Fsp3) is 0.400. The van der Waals surface area contributed by atoms with Gasteiger partial charge in [-0.05, 0) is 23.5 Å². The molecule has 0 amide bonds. The fourth-order valence-corrected chi connectivity index (χ4v) is 1.65. The summed E-state index contributed by atoms with van der Waals surface area (Å²) in [6.45, 7) is 8.48. The molecule has 0 aliphatic carbocycles. The lowest BCUT2D eigenvalue weighted by Crippen LogP contribution is -2.11. The number of rotatable bonds is 3. The molecule has 0 N–H and O–H groups in total. The van der Waals surface area contributed by atoms with Crippen molar-refractivity contribution >= 4 is 11.5 Å². The van der Waals surface area contributed by atoms with Gasteiger partial charge in [0.2, 0.25) is 0 Å². The molecule has 1 aromatic rings. The van der Waals surface area contributed by atoms with Gasteiger partial charge in [0, 0.05) is 6.08 Å². The van der Waals surface area contributed by atoms with Gasteiger partial charge in [0.25, 0.3) is 0 Å². The van der Waals surface area contributed by atoms with E-state index in [1.165, 1.54) is 0 Å². The van der Waals surface area contributed by atoms with Crippen molar-refractivity contribution in [2.45, 2.75) is 27.7 Å². The molecular weight excluding hydrogens is 212 g/mol. The normalized spacial score (nSPS) is 12.4. The van der Waals surface area contributed by atoms with Gasteiger partial charge in [-0.25, -0.2) is 4.79 Å². The lowest BCUT2D eigenvalue weighted by molar-refractivity contribution is -0.137. The number of hydrogen-bond acceptors (Lipinski definition) is 2. The number of benzene rings is 1. The van der Waals surface area contributed by atoms with Crippen LogP contribution in [0.25, 0.3) is 5.57 Å². The number of ether oxygens (including phenoxy) is 1. The highest BCUT2D eigenvalue weighted by Gasteiger charge is 2.20. The molecule has 0 bridgehead atoms. The maximum Gasteiger partial charge on any atom is 0.331 e. The van der Waals surface area contributed by atoms with E-state index in [0.717, 1.165) is 11.1 Å². The second-order valence-electron chi connectivity index (χ2n) is 4.93. The molecule has 17 heavy (non-hydrogen) atoms. The monoisotopic (exact) mass is 232 g/mol. The van der Waals surface area contributed by atoms with Crippen molar-refractivity contribution in [2.75, 3.05) is 6.61 Å². The van der Waals surface area contributed by atoms with Crippen molar-refractivity contribution in [3.8, 4) is 0 Å². The molecule has 0 saturated heterocycles. The molecule has 2 heteroatoms. The summed E-state index contributed by atoms with van der Waals surface area (Å²) in [5.41, 5.74) is 1.97. The molecule has 92 valence electrons. The Bertz CT molecular complexity index is 397. The van der Waals surface area contributed by atoms with Gasteiger partial charge in [-0.1, -0.05) is 51.1 Å². The standard InChI is InChI=1S/C15H20O2/c1-5-17-14(16)11-13(15(2,3)4)12-9-7-6-8-10-12/h6-11H,5H2,1-4H3/b13-11-. The summed E-state index contributed by atoms with van der Waals surface area (Å²) in [5.74, 6) is -0.277. The van der Waals surface area contributed by atoms with Gasteiger partial charge in [-0.15, -0.1) is 0 Å². The first-order valence-corrected chi connectivity index (χ1v) is 5.89. The Kier molecular flexibility index (Phi) is 4.50. The first-order valence-electron chi connectivity index (χ1n) is 5.89. The first-order chi connectivity index (χ1) is 7.95. The third-order valence-electron chi connectivity index (χ3n) is 2.44. The molecule has 0 saturated carbocycles. The smallest absolute Gasteiger partial charge is 0.331 e. The zero-order chi connectivity index (χ0) is 12.9. The van der Waals surface area contributed by atoms with E-state index in [4.69, 9.17) is 4.74 Å². The average Bonchev–Trinajstić information content (AvgIpc) is 2.26. The van der Waals surface area contributed by atoms with Gasteiger partial charge < -0.3 is 4.74 Å². The minimum atomic E-state index is -0.277. The highest BCUT2D eigenvalue weighted by atomic mass is 16.5. The van der Waals surface area contributed by atoms with Crippen LogP contribution in [-0.4, -0.2) is 12.6 Å². The Hall–Kier alpha value is -1.57. The van der Waals surface area contributed by atoms with Crippen LogP contribution >= 0.6 is 0 Å². The second-order valence-corrected chi connectivity index (χ2v) is 4.93. The van der Waals surface area contributed by atoms with Crippen LogP contribution < -0.4 is 0 Å². The Balaban J connectivity index is 3.10. The molecule has 1 aromatic carbocycles. The Morgan fingerprint density at radius 1 is 1.24 bits per heavy atom. The van der Waals surface area contributed by atoms with Crippen LogP contribution in [0.15, 0.2) is 36.4 Å². The van der Waals surface area contributed by atoms with Gasteiger partial charge in [0.15, 0.2) is 0 Å². The van der Waals surface area contributed by atoms with Crippen molar-refractivity contribution in [2.24, 2.45) is 5.41 Å². The number of carbonyl (C=O) groups excluding carboxylic acids is 1. The predicted octanol–water partition coefficient (Wildman–Crippen LogP) is 3.68. The summed E-state index contributed by atoms with van der Waals surface area (Å²) >= 11 is 0. The minimum absolute atomic E-state index is 0.0892. The third kappa shape index (κ3) is 4.06. The molecule has 0 aliphatic rings. The molecule has 0 unspecified atom stereocenters. The largest absolute Gasteiger partial charge is 0.463 e. The highest BCUT2D eigenvalue weighted by molar-refractivity contribution is 5.92. The van der Waals surface area contributed by atoms with E-state index in [9.17, 15) is 4.79 Å². The number of carbonyl (C=O) groups is 1. The summed E-state index contributed by atoms with van der Waals surface area (Å²) in [5, 5.41) is 0. The van der Waals surface area contributed by atoms with E-state index in [-0.39, 0.29) is 11.4 Å². The predicted molar refractivity (Wildman–Crippen MR) is 70.5 cm³/mol. The number of esters is 1. The van der Waals surface area contributed by atoms with Crippen molar-refractivity contribution in [3.63, 3.8) is 0 Å². The zero-order valence-electron chi connectivity index (χ0n) is 11.0. The molecule has 2 nitrogen and oxygen atoms in total. The zero-order valence-corrected chi connectivity index (χ0v) is 11.0. The van der Waals surface area contributed by atoms with Gasteiger partial charge in [-0.3, -0.25) is 0 Å². The highest BCUT2D eigenvalue weighted by Crippen LogP contribution is 2.33. The third-order valence-corrected chi connectivity index (χ3v) is 2.44. The second kappa shape index (κ2) is 5.67. The van der Waals surface area contributed by atoms with Gasteiger partial charge >= 0.3 is 5.97 Å². The molecule has 0 heterocycles. The topological polar surface area (TPSA) is 26.3 Å². The van der Waals surface area contributed by atoms with Crippen molar-refractivity contribution in [1.82, 2.24) is 0 Å². The van der Waals surface area contributed by atoms with E-state index >= 15 is 0 Å². The van der Waals surface area contributed by atoms with Gasteiger partial charge in [0.1, 0.15) is 0 Å². The first kappa shape index (κ1) is 13.5. The van der Waals surface area contributed by atoms with Crippen molar-refractivity contribution < 1.29 is 9.53 Å². The molecular formula is C15H20O2. The maximum absolute atomic E-state index is 11.6. The number of allylic oxidation sites excluding steroid dienone is 1. The SMILES string of the molecule is CCOC(=O)/C=C(/c1ccccc1)C(C)(C)C. The van der Waals surface area contributed by atoms with Crippen LogP contribution in [0.4, 0.5) is 0 Å². The maximum atomic E-state index is 11.6. The summed E-state index contributed by atoms with van der Waals surface area (Å²) < 4.78 is 4.97. The van der Waals surface area contributed by atoms with E-state index < -0.39 is 0 Å². The van der Waals surface area contributed by atoms with Crippen LogP contribution in [-0.2, 0) is 9.53 Å². The molecule has 0 aliphatic heterocycles. The summed E-state index contributed by atoms with van der Waals surface area (Å²) in [4.78, 5) is 11.6. The summed E-state index contributed by atoms with van der Waals surface area (Å²) in [6.07, 6.45) is 1.60. The van der Waals surface area contributed by atoms with Crippen molar-refractivity contribution in [3.05, 3.63) is 42.0 Å².